The van der Waals surface area contributed by atoms with Gasteiger partial charge in [0.2, 0.25) is 5.91 Å². The summed E-state index contributed by atoms with van der Waals surface area (Å²) in [6.07, 6.45) is 7.24. The van der Waals surface area contributed by atoms with E-state index in [0.717, 1.165) is 60.0 Å². The quantitative estimate of drug-likeness (QED) is 0.593. The number of likely N-dealkylation sites (N-methyl/N-ethyl adjacent to an activating group) is 1. The second-order valence-electron chi connectivity index (χ2n) is 8.32. The Bertz CT molecular complexity index is 1130. The van der Waals surface area contributed by atoms with E-state index in [9.17, 15) is 9.18 Å². The fourth-order valence-electron chi connectivity index (χ4n) is 4.58. The van der Waals surface area contributed by atoms with Crippen molar-refractivity contribution in [3.05, 3.63) is 65.1 Å². The number of halogens is 1. The molecule has 168 valence electrons. The summed E-state index contributed by atoms with van der Waals surface area (Å²) in [6, 6.07) is 6.38. The van der Waals surface area contributed by atoms with Crippen molar-refractivity contribution in [2.24, 2.45) is 0 Å². The Hall–Kier alpha value is -2.94. The van der Waals surface area contributed by atoms with Crippen LogP contribution in [-0.4, -0.2) is 45.3 Å². The summed E-state index contributed by atoms with van der Waals surface area (Å²) in [6.45, 7) is 3.42. The average Bonchev–Trinajstić information content (AvgIpc) is 3.42. The van der Waals surface area contributed by atoms with Crippen molar-refractivity contribution in [1.29, 1.82) is 0 Å². The lowest BCUT2D eigenvalue weighted by Gasteiger charge is -2.37. The first-order chi connectivity index (χ1) is 15.0. The molecule has 0 unspecified atom stereocenters. The number of aromatic nitrogens is 4. The van der Waals surface area contributed by atoms with Gasteiger partial charge in [-0.3, -0.25) is 9.48 Å². The van der Waals surface area contributed by atoms with Gasteiger partial charge in [0.1, 0.15) is 23.4 Å². The van der Waals surface area contributed by atoms with Crippen molar-refractivity contribution in [2.75, 3.05) is 23.4 Å². The molecule has 1 fully saturated rings. The second kappa shape index (κ2) is 8.90. The van der Waals surface area contributed by atoms with Gasteiger partial charge >= 0.3 is 0 Å². The third-order valence-corrected chi connectivity index (χ3v) is 6.14. The Kier molecular flexibility index (Phi) is 6.19. The van der Waals surface area contributed by atoms with Crippen molar-refractivity contribution in [2.45, 2.75) is 45.2 Å². The molecule has 0 radical (unpaired) electrons. The zero-order valence-electron chi connectivity index (χ0n) is 18.3. The Balaban J connectivity index is 0.00000245. The van der Waals surface area contributed by atoms with Gasteiger partial charge in [-0.05, 0) is 49.4 Å². The number of benzene rings is 1. The highest BCUT2D eigenvalue weighted by Gasteiger charge is 2.41. The highest BCUT2D eigenvalue weighted by molar-refractivity contribution is 7.59. The largest absolute Gasteiger partial charge is 0.343 e. The van der Waals surface area contributed by atoms with Gasteiger partial charge in [0.25, 0.3) is 0 Å². The maximum absolute atomic E-state index is 13.1. The molecule has 2 aromatic heterocycles. The van der Waals surface area contributed by atoms with Crippen LogP contribution < -0.4 is 9.80 Å². The van der Waals surface area contributed by atoms with Crippen molar-refractivity contribution >= 4 is 30.9 Å². The smallest absolute Gasteiger partial charge is 0.249 e. The first kappa shape index (κ1) is 22.3. The zero-order valence-corrected chi connectivity index (χ0v) is 19.3. The van der Waals surface area contributed by atoms with Crippen LogP contribution >= 0.6 is 13.5 Å². The standard InChI is InChI=1S/C23H25FN6O.H2S/c1-15-21-22(30-11-3-4-19(30)23(31)28(21)2)27-20(26-15)10-7-17-12-25-29(14-17)13-16-5-8-18(24)9-6-16;/h5-6,8-9,12,14,19H,3-4,7,10-11,13H2,1-2H3;1H2/t19-;/m0./s1. The van der Waals surface area contributed by atoms with E-state index in [1.165, 1.54) is 12.1 Å². The predicted molar refractivity (Wildman–Crippen MR) is 126 cm³/mol. The Morgan fingerprint density at radius 3 is 2.69 bits per heavy atom. The van der Waals surface area contributed by atoms with Crippen LogP contribution in [0.2, 0.25) is 0 Å². The van der Waals surface area contributed by atoms with Crippen LogP contribution in [0.1, 0.15) is 35.5 Å². The molecule has 1 saturated heterocycles. The van der Waals surface area contributed by atoms with E-state index in [1.807, 2.05) is 31.0 Å². The molecule has 0 saturated carbocycles. The number of rotatable bonds is 5. The maximum Gasteiger partial charge on any atom is 0.249 e. The summed E-state index contributed by atoms with van der Waals surface area (Å²) in [5, 5.41) is 4.43. The summed E-state index contributed by atoms with van der Waals surface area (Å²) < 4.78 is 14.9. The number of anilines is 2. The molecule has 7 nitrogen and oxygen atoms in total. The van der Waals surface area contributed by atoms with Crippen LogP contribution in [0, 0.1) is 12.7 Å². The predicted octanol–water partition coefficient (Wildman–Crippen LogP) is 3.01. The molecular weight excluding hydrogens is 427 g/mol. The van der Waals surface area contributed by atoms with Crippen LogP contribution in [-0.2, 0) is 24.2 Å². The average molecular weight is 455 g/mol. The number of amides is 1. The molecule has 0 spiro atoms. The van der Waals surface area contributed by atoms with Crippen molar-refractivity contribution < 1.29 is 9.18 Å². The normalized spacial score (nSPS) is 17.2. The summed E-state index contributed by atoms with van der Waals surface area (Å²) >= 11 is 0. The minimum absolute atomic E-state index is 0. The first-order valence-corrected chi connectivity index (χ1v) is 10.7. The lowest BCUT2D eigenvalue weighted by molar-refractivity contribution is -0.119. The van der Waals surface area contributed by atoms with Crippen molar-refractivity contribution in [3.63, 3.8) is 0 Å². The summed E-state index contributed by atoms with van der Waals surface area (Å²) in [7, 11) is 1.82. The summed E-state index contributed by atoms with van der Waals surface area (Å²) in [4.78, 5) is 26.1. The summed E-state index contributed by atoms with van der Waals surface area (Å²) in [5.74, 6) is 1.58. The molecule has 1 atom stereocenters. The molecule has 32 heavy (non-hydrogen) atoms. The molecule has 1 aromatic carbocycles. The third kappa shape index (κ3) is 4.09. The molecule has 1 amide bonds. The van der Waals surface area contributed by atoms with E-state index in [4.69, 9.17) is 4.98 Å². The Morgan fingerprint density at radius 1 is 1.12 bits per heavy atom. The topological polar surface area (TPSA) is 67.2 Å². The number of nitrogens with zero attached hydrogens (tertiary/aromatic N) is 6. The fraction of sp³-hybridized carbons (Fsp3) is 0.391. The molecule has 3 aromatic rings. The summed E-state index contributed by atoms with van der Waals surface area (Å²) in [5.41, 5.74) is 3.78. The van der Waals surface area contributed by atoms with Crippen LogP contribution in [0.4, 0.5) is 15.9 Å². The maximum atomic E-state index is 13.1. The van der Waals surface area contributed by atoms with E-state index < -0.39 is 0 Å². The van der Waals surface area contributed by atoms with E-state index >= 15 is 0 Å². The lowest BCUT2D eigenvalue weighted by atomic mass is 10.1. The first-order valence-electron chi connectivity index (χ1n) is 10.7. The van der Waals surface area contributed by atoms with E-state index in [-0.39, 0.29) is 31.3 Å². The lowest BCUT2D eigenvalue weighted by Crippen LogP contribution is -2.50. The number of hydrogen-bond acceptors (Lipinski definition) is 5. The molecule has 9 heteroatoms. The van der Waals surface area contributed by atoms with Gasteiger partial charge in [0.05, 0.1) is 18.4 Å². The molecule has 0 bridgehead atoms. The second-order valence-corrected chi connectivity index (χ2v) is 8.32. The number of carbonyl (C=O) groups excluding carboxylic acids is 1. The van der Waals surface area contributed by atoms with Crippen LogP contribution in [0.25, 0.3) is 0 Å². The third-order valence-electron chi connectivity index (χ3n) is 6.14. The van der Waals surface area contributed by atoms with Gasteiger partial charge in [-0.1, -0.05) is 12.1 Å². The van der Waals surface area contributed by atoms with Crippen molar-refractivity contribution in [3.8, 4) is 0 Å². The Labute approximate surface area is 193 Å². The van der Waals surface area contributed by atoms with Gasteiger partial charge in [-0.25, -0.2) is 14.4 Å². The molecule has 5 rings (SSSR count). The minimum atomic E-state index is -0.235. The number of fused-ring (bicyclic) bond motifs is 3. The van der Waals surface area contributed by atoms with Gasteiger partial charge in [0.15, 0.2) is 5.82 Å². The molecule has 2 aliphatic heterocycles. The van der Waals surface area contributed by atoms with E-state index in [2.05, 4.69) is 15.0 Å². The fourth-order valence-corrected chi connectivity index (χ4v) is 4.58. The molecular formula is C23H27FN6OS. The highest BCUT2D eigenvalue weighted by Crippen LogP contribution is 2.39. The van der Waals surface area contributed by atoms with Crippen LogP contribution in [0.15, 0.2) is 36.7 Å². The number of aryl methyl sites for hydroxylation is 3. The zero-order chi connectivity index (χ0) is 21.5. The van der Waals surface area contributed by atoms with E-state index in [0.29, 0.717) is 13.0 Å². The molecule has 4 heterocycles. The van der Waals surface area contributed by atoms with E-state index in [1.54, 1.807) is 17.0 Å². The van der Waals surface area contributed by atoms with Crippen LogP contribution in [0.5, 0.6) is 0 Å². The van der Waals surface area contributed by atoms with Crippen LogP contribution in [0.3, 0.4) is 0 Å². The minimum Gasteiger partial charge on any atom is -0.343 e. The van der Waals surface area contributed by atoms with Gasteiger partial charge in [-0.2, -0.15) is 18.6 Å². The Morgan fingerprint density at radius 2 is 1.91 bits per heavy atom. The molecule has 0 aliphatic carbocycles. The monoisotopic (exact) mass is 454 g/mol. The molecule has 0 N–H and O–H groups in total. The SMILES string of the molecule is Cc1nc(CCc2cnn(Cc3ccc(F)cc3)c2)nc2c1N(C)C(=O)[C@@H]1CCCN21.S. The highest BCUT2D eigenvalue weighted by atomic mass is 32.1. The van der Waals surface area contributed by atoms with Gasteiger partial charge < -0.3 is 9.80 Å². The number of carbonyl (C=O) groups is 1. The van der Waals surface area contributed by atoms with Gasteiger partial charge in [-0.15, -0.1) is 0 Å². The van der Waals surface area contributed by atoms with Gasteiger partial charge in [0, 0.05) is 26.2 Å². The number of hydrogen-bond donors (Lipinski definition) is 0. The van der Waals surface area contributed by atoms with Crippen molar-refractivity contribution in [1.82, 2.24) is 19.7 Å². The molecule has 2 aliphatic rings.